The van der Waals surface area contributed by atoms with Crippen LogP contribution >= 0.6 is 11.5 Å². The van der Waals surface area contributed by atoms with Crippen molar-refractivity contribution in [3.63, 3.8) is 0 Å². The second kappa shape index (κ2) is 3.89. The summed E-state index contributed by atoms with van der Waals surface area (Å²) in [5, 5.41) is 5.86. The van der Waals surface area contributed by atoms with Crippen molar-refractivity contribution in [3.8, 4) is 11.5 Å². The van der Waals surface area contributed by atoms with Gasteiger partial charge in [0.05, 0.1) is 6.33 Å². The molecule has 0 saturated heterocycles. The summed E-state index contributed by atoms with van der Waals surface area (Å²) >= 11 is 1.35. The van der Waals surface area contributed by atoms with Gasteiger partial charge >= 0.3 is 0 Å². The first-order valence-corrected chi connectivity index (χ1v) is 3.88. The van der Waals surface area contributed by atoms with Crippen LogP contribution in [0.5, 0.6) is 0 Å². The van der Waals surface area contributed by atoms with Gasteiger partial charge in [0.1, 0.15) is 0 Å². The normalized spacial score (nSPS) is 9.42. The molecule has 6 heteroatoms. The van der Waals surface area contributed by atoms with Gasteiger partial charge in [-0.15, -0.1) is 0 Å². The molecule has 2 aromatic heterocycles. The van der Waals surface area contributed by atoms with E-state index in [9.17, 15) is 0 Å². The molecule has 0 fully saturated rings. The molecule has 0 aliphatic heterocycles. The third-order valence-electron chi connectivity index (χ3n) is 1.20. The van der Waals surface area contributed by atoms with Crippen LogP contribution in [0.1, 0.15) is 0 Å². The van der Waals surface area contributed by atoms with Crippen LogP contribution < -0.4 is 0 Å². The Bertz CT molecular complexity index is 342. The molecule has 2 aromatic rings. The Morgan fingerprint density at radius 2 is 2.42 bits per heavy atom. The van der Waals surface area contributed by atoms with E-state index in [0.717, 1.165) is 5.69 Å². The number of rotatable bonds is 1. The smallest absolute Gasteiger partial charge is 0.0923 e. The zero-order chi connectivity index (χ0) is 7.68. The van der Waals surface area contributed by atoms with Gasteiger partial charge in [-0.1, -0.05) is 16.9 Å². The molecule has 0 aliphatic carbocycles. The second-order valence-electron chi connectivity index (χ2n) is 2.05. The Morgan fingerprint density at radius 3 is 2.92 bits per heavy atom. The van der Waals surface area contributed by atoms with E-state index in [1.165, 1.54) is 11.5 Å². The molecule has 65 valence electrons. The molecule has 0 aliphatic rings. The van der Waals surface area contributed by atoms with Crippen LogP contribution in [0.15, 0.2) is 11.7 Å². The summed E-state index contributed by atoms with van der Waals surface area (Å²) in [5.74, 6) is 0.633. The number of nitrogens with zero attached hydrogens (tertiary/aromatic N) is 4. The molecular weight excluding hydrogens is 352 g/mol. The molecular formula is C6H5IrN4S-. The fourth-order valence-electron chi connectivity index (χ4n) is 0.741. The summed E-state index contributed by atoms with van der Waals surface area (Å²) in [5.41, 5.74) is 0.718. The zero-order valence-electron chi connectivity index (χ0n) is 6.19. The Kier molecular flexibility index (Phi) is 3.08. The number of aryl methyl sites for hydroxylation is 1. The van der Waals surface area contributed by atoms with Crippen molar-refractivity contribution in [2.24, 2.45) is 7.05 Å². The number of hydrogen-bond donors (Lipinski definition) is 0. The molecule has 2 rings (SSSR count). The van der Waals surface area contributed by atoms with Crippen molar-refractivity contribution in [3.05, 3.63) is 17.8 Å². The van der Waals surface area contributed by atoms with Gasteiger partial charge in [-0.05, 0) is 5.69 Å². The summed E-state index contributed by atoms with van der Waals surface area (Å²) in [6.45, 7) is 0. The van der Waals surface area contributed by atoms with Crippen LogP contribution in [-0.4, -0.2) is 19.1 Å². The van der Waals surface area contributed by atoms with E-state index in [-0.39, 0.29) is 20.1 Å². The van der Waals surface area contributed by atoms with E-state index in [1.807, 2.05) is 7.05 Å². The third-order valence-corrected chi connectivity index (χ3v) is 1.71. The van der Waals surface area contributed by atoms with Crippen molar-refractivity contribution >= 4 is 11.5 Å². The van der Waals surface area contributed by atoms with E-state index >= 15 is 0 Å². The van der Waals surface area contributed by atoms with Gasteiger partial charge in [0.25, 0.3) is 0 Å². The standard InChI is InChI=1S/C6H5N4S.Ir/c1-10-4-7-6(8-10)5-2-3-11-9-5;/h3-4H,1H3;/q-1;. The quantitative estimate of drug-likeness (QED) is 0.707. The van der Waals surface area contributed by atoms with Crippen LogP contribution in [0.2, 0.25) is 0 Å². The van der Waals surface area contributed by atoms with E-state index in [1.54, 1.807) is 16.4 Å². The van der Waals surface area contributed by atoms with Crippen molar-refractivity contribution < 1.29 is 20.1 Å². The van der Waals surface area contributed by atoms with Crippen molar-refractivity contribution in [1.29, 1.82) is 0 Å². The van der Waals surface area contributed by atoms with Crippen LogP contribution in [0.25, 0.3) is 11.5 Å². The minimum atomic E-state index is 0. The largest absolute Gasteiger partial charge is 0.311 e. The average Bonchev–Trinajstić information content (AvgIpc) is 2.55. The van der Waals surface area contributed by atoms with E-state index < -0.39 is 0 Å². The van der Waals surface area contributed by atoms with E-state index in [0.29, 0.717) is 5.82 Å². The van der Waals surface area contributed by atoms with Gasteiger partial charge in [-0.3, -0.25) is 4.68 Å². The molecule has 1 radical (unpaired) electrons. The number of aromatic nitrogens is 4. The molecule has 0 atom stereocenters. The van der Waals surface area contributed by atoms with Crippen molar-refractivity contribution in [2.45, 2.75) is 0 Å². The van der Waals surface area contributed by atoms with Crippen LogP contribution in [0.3, 0.4) is 0 Å². The minimum absolute atomic E-state index is 0. The van der Waals surface area contributed by atoms with Gasteiger partial charge in [-0.2, -0.15) is 0 Å². The average molecular weight is 357 g/mol. The molecule has 0 amide bonds. The molecule has 0 bridgehead atoms. The van der Waals surface area contributed by atoms with Gasteiger partial charge in [0.15, 0.2) is 0 Å². The molecule has 2 heterocycles. The molecule has 0 aromatic carbocycles. The summed E-state index contributed by atoms with van der Waals surface area (Å²) in [7, 11) is 1.82. The molecule has 0 saturated carbocycles. The van der Waals surface area contributed by atoms with Crippen LogP contribution in [0.4, 0.5) is 0 Å². The molecule has 12 heavy (non-hydrogen) atoms. The summed E-state index contributed by atoms with van der Waals surface area (Å²) in [4.78, 5) is 4.02. The summed E-state index contributed by atoms with van der Waals surface area (Å²) < 4.78 is 5.69. The predicted molar refractivity (Wildman–Crippen MR) is 40.9 cm³/mol. The Balaban J connectivity index is 0.000000720. The topological polar surface area (TPSA) is 43.6 Å². The first kappa shape index (κ1) is 9.51. The predicted octanol–water partition coefficient (Wildman–Crippen LogP) is 0.736. The molecule has 4 nitrogen and oxygen atoms in total. The van der Waals surface area contributed by atoms with E-state index in [4.69, 9.17) is 0 Å². The minimum Gasteiger partial charge on any atom is -0.311 e. The monoisotopic (exact) mass is 358 g/mol. The van der Waals surface area contributed by atoms with Crippen molar-refractivity contribution in [2.75, 3.05) is 0 Å². The molecule has 0 unspecified atom stereocenters. The molecule has 0 N–H and O–H groups in total. The van der Waals surface area contributed by atoms with Crippen molar-refractivity contribution in [1.82, 2.24) is 19.1 Å². The Morgan fingerprint density at radius 1 is 1.58 bits per heavy atom. The summed E-state index contributed by atoms with van der Waals surface area (Å²) in [6, 6.07) is 2.94. The van der Waals surface area contributed by atoms with Crippen LogP contribution in [0, 0.1) is 6.07 Å². The first-order chi connectivity index (χ1) is 5.36. The summed E-state index contributed by atoms with van der Waals surface area (Å²) in [6.07, 6.45) is 1.64. The van der Waals surface area contributed by atoms with Gasteiger partial charge in [-0.25, -0.2) is 15.5 Å². The first-order valence-electron chi connectivity index (χ1n) is 3.04. The Hall–Kier alpha value is -0.581. The maximum Gasteiger partial charge on any atom is 0.0923 e. The molecule has 0 spiro atoms. The zero-order valence-corrected chi connectivity index (χ0v) is 9.40. The third kappa shape index (κ3) is 1.77. The van der Waals surface area contributed by atoms with Gasteiger partial charge < -0.3 is 4.98 Å². The Labute approximate surface area is 87.2 Å². The number of hydrogen-bond acceptors (Lipinski definition) is 4. The SMILES string of the molecule is Cn1cnc(-c2[c-]csn2)n1.[Ir]. The van der Waals surface area contributed by atoms with E-state index in [2.05, 4.69) is 20.5 Å². The van der Waals surface area contributed by atoms with Gasteiger partial charge in [0.2, 0.25) is 0 Å². The van der Waals surface area contributed by atoms with Gasteiger partial charge in [0, 0.05) is 33.0 Å². The fraction of sp³-hybridized carbons (Fsp3) is 0.167. The fourth-order valence-corrected chi connectivity index (χ4v) is 1.20. The van der Waals surface area contributed by atoms with Crippen LogP contribution in [-0.2, 0) is 27.2 Å². The second-order valence-corrected chi connectivity index (χ2v) is 2.68. The maximum atomic E-state index is 4.07. The maximum absolute atomic E-state index is 4.07.